The normalized spacial score (nSPS) is 11.9. The third-order valence-corrected chi connectivity index (χ3v) is 8.86. The van der Waals surface area contributed by atoms with E-state index in [1.807, 2.05) is 67.6 Å². The lowest BCUT2D eigenvalue weighted by Gasteiger charge is -2.34. The van der Waals surface area contributed by atoms with E-state index in [1.54, 1.807) is 43.3 Å². The molecule has 0 spiro atoms. The van der Waals surface area contributed by atoms with Crippen molar-refractivity contribution in [2.75, 3.05) is 17.4 Å². The summed E-state index contributed by atoms with van der Waals surface area (Å²) in [6.45, 7) is 3.55. The van der Waals surface area contributed by atoms with E-state index < -0.39 is 28.5 Å². The lowest BCUT2D eigenvalue weighted by atomic mass is 10.0. The van der Waals surface area contributed by atoms with Crippen LogP contribution in [0.5, 0.6) is 0 Å². The van der Waals surface area contributed by atoms with Crippen molar-refractivity contribution in [2.45, 2.75) is 37.8 Å². The van der Waals surface area contributed by atoms with Crippen LogP contribution in [0.3, 0.4) is 0 Å². The molecule has 0 heterocycles. The fourth-order valence-corrected chi connectivity index (χ4v) is 6.48. The topological polar surface area (TPSA) is 86.8 Å². The number of sulfonamides is 1. The Labute approximate surface area is 252 Å². The quantitative estimate of drug-likeness (QED) is 0.228. The highest BCUT2D eigenvalue weighted by Crippen LogP contribution is 2.29. The van der Waals surface area contributed by atoms with Crippen LogP contribution >= 0.6 is 11.6 Å². The summed E-state index contributed by atoms with van der Waals surface area (Å²) >= 11 is 6.19. The molecule has 0 aliphatic carbocycles. The maximum Gasteiger partial charge on any atom is 0.264 e. The van der Waals surface area contributed by atoms with Gasteiger partial charge in [0.2, 0.25) is 11.8 Å². The van der Waals surface area contributed by atoms with Crippen LogP contribution < -0.4 is 9.62 Å². The van der Waals surface area contributed by atoms with E-state index in [1.165, 1.54) is 17.0 Å². The van der Waals surface area contributed by atoms with Gasteiger partial charge in [-0.05, 0) is 60.9 Å². The van der Waals surface area contributed by atoms with Crippen molar-refractivity contribution >= 4 is 39.1 Å². The van der Waals surface area contributed by atoms with Crippen molar-refractivity contribution in [1.29, 1.82) is 0 Å². The maximum atomic E-state index is 14.3. The number of nitrogens with zero attached hydrogens (tertiary/aromatic N) is 2. The number of hydrogen-bond donors (Lipinski definition) is 1. The van der Waals surface area contributed by atoms with Gasteiger partial charge in [-0.1, -0.05) is 90.5 Å². The van der Waals surface area contributed by atoms with Crippen LogP contribution in [0.25, 0.3) is 0 Å². The van der Waals surface area contributed by atoms with Gasteiger partial charge in [-0.2, -0.15) is 0 Å². The average molecular weight is 604 g/mol. The first-order valence-corrected chi connectivity index (χ1v) is 15.5. The van der Waals surface area contributed by atoms with Crippen LogP contribution in [0, 0.1) is 6.92 Å². The van der Waals surface area contributed by atoms with Gasteiger partial charge in [0, 0.05) is 24.5 Å². The molecule has 0 saturated carbocycles. The van der Waals surface area contributed by atoms with Gasteiger partial charge >= 0.3 is 0 Å². The Bertz CT molecular complexity index is 1600. The monoisotopic (exact) mass is 603 g/mol. The van der Waals surface area contributed by atoms with Crippen molar-refractivity contribution in [3.05, 3.63) is 131 Å². The molecule has 0 aromatic heterocycles. The van der Waals surface area contributed by atoms with E-state index in [4.69, 9.17) is 11.6 Å². The number of rotatable bonds is 12. The van der Waals surface area contributed by atoms with E-state index in [0.29, 0.717) is 22.8 Å². The first-order chi connectivity index (χ1) is 20.2. The van der Waals surface area contributed by atoms with Gasteiger partial charge in [-0.25, -0.2) is 8.42 Å². The number of anilines is 1. The lowest BCUT2D eigenvalue weighted by molar-refractivity contribution is -0.140. The maximum absolute atomic E-state index is 14.3. The van der Waals surface area contributed by atoms with E-state index in [0.717, 1.165) is 15.4 Å². The average Bonchev–Trinajstić information content (AvgIpc) is 2.99. The number of nitrogens with one attached hydrogen (secondary N) is 1. The van der Waals surface area contributed by atoms with Gasteiger partial charge in [0.05, 0.1) is 10.6 Å². The smallest absolute Gasteiger partial charge is 0.264 e. The zero-order chi connectivity index (χ0) is 30.1. The minimum Gasteiger partial charge on any atom is -0.355 e. The predicted molar refractivity (Wildman–Crippen MR) is 167 cm³/mol. The van der Waals surface area contributed by atoms with E-state index in [-0.39, 0.29) is 23.8 Å². The van der Waals surface area contributed by atoms with Crippen molar-refractivity contribution in [3.63, 3.8) is 0 Å². The summed E-state index contributed by atoms with van der Waals surface area (Å²) in [6.07, 6.45) is 0.261. The van der Waals surface area contributed by atoms with Gasteiger partial charge in [0.1, 0.15) is 12.6 Å². The molecule has 0 unspecified atom stereocenters. The van der Waals surface area contributed by atoms with Gasteiger partial charge < -0.3 is 10.2 Å². The van der Waals surface area contributed by atoms with Crippen molar-refractivity contribution in [3.8, 4) is 0 Å². The van der Waals surface area contributed by atoms with Gasteiger partial charge in [0.25, 0.3) is 10.0 Å². The van der Waals surface area contributed by atoms with Gasteiger partial charge in [-0.3, -0.25) is 13.9 Å². The standard InChI is InChI=1S/C33H34ClN3O4S/c1-3-35-33(39)31(22-26-13-7-4-8-14-26)36(23-27-15-9-5-10-16-27)32(38)24-37(30-20-19-28(34)21-25(30)2)42(40,41)29-17-11-6-12-18-29/h4-21,31H,3,22-24H2,1-2H3,(H,35,39)/t31-/m0/s1. The molecular weight excluding hydrogens is 570 g/mol. The van der Waals surface area contributed by atoms with Crippen LogP contribution in [0.15, 0.2) is 114 Å². The minimum atomic E-state index is -4.16. The summed E-state index contributed by atoms with van der Waals surface area (Å²) < 4.78 is 29.2. The third kappa shape index (κ3) is 7.57. The molecule has 4 aromatic carbocycles. The molecule has 218 valence electrons. The Kier molecular flexibility index (Phi) is 10.4. The highest BCUT2D eigenvalue weighted by Gasteiger charge is 2.34. The molecule has 9 heteroatoms. The molecule has 0 aliphatic rings. The second-order valence-corrected chi connectivity index (χ2v) is 12.2. The predicted octanol–water partition coefficient (Wildman–Crippen LogP) is 5.62. The lowest BCUT2D eigenvalue weighted by Crippen LogP contribution is -2.53. The van der Waals surface area contributed by atoms with Gasteiger partial charge in [0.15, 0.2) is 0 Å². The first kappa shape index (κ1) is 30.8. The Balaban J connectivity index is 1.80. The van der Waals surface area contributed by atoms with Crippen molar-refractivity contribution in [2.24, 2.45) is 0 Å². The van der Waals surface area contributed by atoms with E-state index in [2.05, 4.69) is 5.32 Å². The van der Waals surface area contributed by atoms with Crippen LogP contribution in [-0.2, 0) is 32.6 Å². The Hall–Kier alpha value is -4.14. The van der Waals surface area contributed by atoms with Crippen LogP contribution in [0.1, 0.15) is 23.6 Å². The number of benzene rings is 4. The number of halogens is 1. The van der Waals surface area contributed by atoms with E-state index >= 15 is 0 Å². The number of likely N-dealkylation sites (N-methyl/N-ethyl adjacent to an activating group) is 1. The number of hydrogen-bond acceptors (Lipinski definition) is 4. The summed E-state index contributed by atoms with van der Waals surface area (Å²) in [5.74, 6) is -0.828. The molecule has 0 aliphatic heterocycles. The molecule has 0 radical (unpaired) electrons. The summed E-state index contributed by atoms with van der Waals surface area (Å²) in [4.78, 5) is 29.4. The fourth-order valence-electron chi connectivity index (χ4n) is 4.76. The molecule has 0 saturated heterocycles. The minimum absolute atomic E-state index is 0.0475. The molecule has 2 amide bonds. The second-order valence-electron chi connectivity index (χ2n) is 9.86. The molecule has 42 heavy (non-hydrogen) atoms. The second kappa shape index (κ2) is 14.2. The summed E-state index contributed by atoms with van der Waals surface area (Å²) in [5, 5.41) is 3.31. The van der Waals surface area contributed by atoms with Crippen molar-refractivity contribution < 1.29 is 18.0 Å². The van der Waals surface area contributed by atoms with E-state index in [9.17, 15) is 18.0 Å². The number of carbonyl (C=O) groups is 2. The third-order valence-electron chi connectivity index (χ3n) is 6.86. The number of aryl methyl sites for hydroxylation is 1. The molecule has 4 aromatic rings. The SMILES string of the molecule is CCNC(=O)[C@H](Cc1ccccc1)N(Cc1ccccc1)C(=O)CN(c1ccc(Cl)cc1C)S(=O)(=O)c1ccccc1. The Morgan fingerprint density at radius 2 is 1.40 bits per heavy atom. The van der Waals surface area contributed by atoms with Crippen LogP contribution in [-0.4, -0.2) is 44.3 Å². The zero-order valence-electron chi connectivity index (χ0n) is 23.6. The molecule has 1 atom stereocenters. The first-order valence-electron chi connectivity index (χ1n) is 13.7. The molecule has 7 nitrogen and oxygen atoms in total. The molecule has 1 N–H and O–H groups in total. The highest BCUT2D eigenvalue weighted by atomic mass is 35.5. The van der Waals surface area contributed by atoms with Gasteiger partial charge in [-0.15, -0.1) is 0 Å². The Morgan fingerprint density at radius 3 is 1.98 bits per heavy atom. The van der Waals surface area contributed by atoms with Crippen LogP contribution in [0.4, 0.5) is 5.69 Å². The Morgan fingerprint density at radius 1 is 0.833 bits per heavy atom. The van der Waals surface area contributed by atoms with Crippen molar-refractivity contribution in [1.82, 2.24) is 10.2 Å². The zero-order valence-corrected chi connectivity index (χ0v) is 25.2. The summed E-state index contributed by atoms with van der Waals surface area (Å²) in [6, 6.07) is 30.7. The summed E-state index contributed by atoms with van der Waals surface area (Å²) in [7, 11) is -4.16. The highest BCUT2D eigenvalue weighted by molar-refractivity contribution is 7.92. The molecule has 0 bridgehead atoms. The number of amides is 2. The molecular formula is C33H34ClN3O4S. The molecule has 4 rings (SSSR count). The largest absolute Gasteiger partial charge is 0.355 e. The molecule has 0 fully saturated rings. The number of carbonyl (C=O) groups excluding carboxylic acids is 2. The van der Waals surface area contributed by atoms with Crippen LogP contribution in [0.2, 0.25) is 5.02 Å². The fraction of sp³-hybridized carbons (Fsp3) is 0.212. The summed E-state index contributed by atoms with van der Waals surface area (Å²) in [5.41, 5.74) is 2.61.